The Bertz CT molecular complexity index is 975. The molecule has 5 heteroatoms. The van der Waals surface area contributed by atoms with E-state index < -0.39 is 0 Å². The molecule has 5 nitrogen and oxygen atoms in total. The lowest BCUT2D eigenvalue weighted by Crippen LogP contribution is -2.45. The van der Waals surface area contributed by atoms with Gasteiger partial charge in [0.2, 0.25) is 5.95 Å². The summed E-state index contributed by atoms with van der Waals surface area (Å²) in [7, 11) is 0. The minimum atomic E-state index is -0.171. The molecule has 1 N–H and O–H groups in total. The Hall–Kier alpha value is -2.50. The highest BCUT2D eigenvalue weighted by atomic mass is 16.3. The van der Waals surface area contributed by atoms with Crippen LogP contribution >= 0.6 is 0 Å². The Morgan fingerprint density at radius 1 is 0.929 bits per heavy atom. The van der Waals surface area contributed by atoms with Gasteiger partial charge in [-0.05, 0) is 48.7 Å². The van der Waals surface area contributed by atoms with Gasteiger partial charge in [0.15, 0.2) is 0 Å². The second-order valence-corrected chi connectivity index (χ2v) is 7.98. The number of nitrogens with zero attached hydrogens (tertiary/aromatic N) is 4. The predicted octanol–water partition coefficient (Wildman–Crippen LogP) is 3.33. The molecule has 1 aromatic heterocycles. The highest BCUT2D eigenvalue weighted by molar-refractivity contribution is 5.86. The van der Waals surface area contributed by atoms with Crippen molar-refractivity contribution >= 4 is 16.7 Å². The first-order chi connectivity index (χ1) is 13.8. The lowest BCUT2D eigenvalue weighted by Gasteiger charge is -2.34. The Kier molecular flexibility index (Phi) is 4.71. The monoisotopic (exact) mass is 374 g/mol. The maximum atomic E-state index is 9.98. The Morgan fingerprint density at radius 2 is 1.82 bits per heavy atom. The second kappa shape index (κ2) is 7.49. The van der Waals surface area contributed by atoms with Gasteiger partial charge >= 0.3 is 0 Å². The number of aliphatic hydroxyl groups is 1. The number of rotatable bonds is 3. The first-order valence-electron chi connectivity index (χ1n) is 10.3. The van der Waals surface area contributed by atoms with Crippen LogP contribution in [0.4, 0.5) is 5.95 Å². The lowest BCUT2D eigenvalue weighted by atomic mass is 10.1. The van der Waals surface area contributed by atoms with E-state index in [0.29, 0.717) is 6.04 Å². The number of hydrogen-bond acceptors (Lipinski definition) is 5. The van der Waals surface area contributed by atoms with Crippen molar-refractivity contribution in [3.63, 3.8) is 0 Å². The zero-order valence-electron chi connectivity index (χ0n) is 16.0. The highest BCUT2D eigenvalue weighted by Crippen LogP contribution is 2.26. The minimum Gasteiger partial charge on any atom is -0.392 e. The van der Waals surface area contributed by atoms with E-state index in [1.54, 1.807) is 0 Å². The SMILES string of the molecule is OC1CCCN([C@@H]2CCN(c3nccc(-c4ccc5ccccc5c4)n3)C2)C1. The van der Waals surface area contributed by atoms with Crippen LogP contribution in [-0.2, 0) is 0 Å². The van der Waals surface area contributed by atoms with Gasteiger partial charge < -0.3 is 10.0 Å². The third kappa shape index (κ3) is 3.48. The summed E-state index contributed by atoms with van der Waals surface area (Å²) in [4.78, 5) is 14.2. The quantitative estimate of drug-likeness (QED) is 0.762. The number of likely N-dealkylation sites (tertiary alicyclic amines) is 1. The van der Waals surface area contributed by atoms with Crippen molar-refractivity contribution in [3.05, 3.63) is 54.7 Å². The average Bonchev–Trinajstić information content (AvgIpc) is 3.24. The summed E-state index contributed by atoms with van der Waals surface area (Å²) in [5.74, 6) is 0.811. The van der Waals surface area contributed by atoms with E-state index in [4.69, 9.17) is 4.98 Å². The molecule has 2 fully saturated rings. The van der Waals surface area contributed by atoms with Crippen LogP contribution in [0.25, 0.3) is 22.0 Å². The summed E-state index contributed by atoms with van der Waals surface area (Å²) in [5, 5.41) is 12.4. The molecule has 5 rings (SSSR count). The number of piperidine rings is 1. The van der Waals surface area contributed by atoms with E-state index in [1.165, 1.54) is 10.8 Å². The van der Waals surface area contributed by atoms with Gasteiger partial charge in [0.05, 0.1) is 11.8 Å². The summed E-state index contributed by atoms with van der Waals surface area (Å²) in [6, 6.07) is 17.4. The van der Waals surface area contributed by atoms with Gasteiger partial charge in [-0.3, -0.25) is 4.90 Å². The summed E-state index contributed by atoms with van der Waals surface area (Å²) in [6.45, 7) is 3.80. The van der Waals surface area contributed by atoms with Crippen LogP contribution in [0, 0.1) is 0 Å². The van der Waals surface area contributed by atoms with E-state index in [-0.39, 0.29) is 6.10 Å². The Labute approximate surface area is 165 Å². The van der Waals surface area contributed by atoms with E-state index >= 15 is 0 Å². The van der Waals surface area contributed by atoms with Gasteiger partial charge in [0.1, 0.15) is 0 Å². The van der Waals surface area contributed by atoms with Gasteiger partial charge in [-0.25, -0.2) is 9.97 Å². The molecule has 2 aliphatic rings. The maximum Gasteiger partial charge on any atom is 0.225 e. The molecule has 144 valence electrons. The average molecular weight is 374 g/mol. The number of fused-ring (bicyclic) bond motifs is 1. The molecule has 0 saturated carbocycles. The van der Waals surface area contributed by atoms with Crippen LogP contribution < -0.4 is 4.90 Å². The smallest absolute Gasteiger partial charge is 0.225 e. The topological polar surface area (TPSA) is 52.5 Å². The minimum absolute atomic E-state index is 0.171. The fourth-order valence-electron chi connectivity index (χ4n) is 4.55. The van der Waals surface area contributed by atoms with Gasteiger partial charge in [-0.2, -0.15) is 0 Å². The zero-order valence-corrected chi connectivity index (χ0v) is 16.0. The van der Waals surface area contributed by atoms with Crippen LogP contribution in [0.3, 0.4) is 0 Å². The van der Waals surface area contributed by atoms with Crippen LogP contribution in [0.2, 0.25) is 0 Å². The number of aliphatic hydroxyl groups excluding tert-OH is 1. The molecule has 2 aliphatic heterocycles. The molecule has 0 bridgehead atoms. The number of β-amino-alcohol motifs (C(OH)–C–C–N with tert-alkyl or cyclic N) is 1. The van der Waals surface area contributed by atoms with Gasteiger partial charge in [-0.15, -0.1) is 0 Å². The lowest BCUT2D eigenvalue weighted by molar-refractivity contribution is 0.0513. The standard InChI is InChI=1S/C23H26N4O/c28-21-6-3-12-26(16-21)20-10-13-27(15-20)23-24-11-9-22(25-23)19-8-7-17-4-1-2-5-18(17)14-19/h1-2,4-5,7-9,11,14,20-21,28H,3,6,10,12-13,15-16H2/t20-,21?/m1/s1. The van der Waals surface area contributed by atoms with Crippen molar-refractivity contribution in [2.24, 2.45) is 0 Å². The fraction of sp³-hybridized carbons (Fsp3) is 0.391. The summed E-state index contributed by atoms with van der Waals surface area (Å²) < 4.78 is 0. The third-order valence-electron chi connectivity index (χ3n) is 6.08. The molecule has 3 heterocycles. The van der Waals surface area contributed by atoms with Crippen LogP contribution in [0.5, 0.6) is 0 Å². The van der Waals surface area contributed by atoms with Crippen molar-refractivity contribution < 1.29 is 5.11 Å². The summed E-state index contributed by atoms with van der Waals surface area (Å²) >= 11 is 0. The number of aromatic nitrogens is 2. The van der Waals surface area contributed by atoms with Crippen LogP contribution in [0.15, 0.2) is 54.7 Å². The summed E-state index contributed by atoms with van der Waals surface area (Å²) in [5.41, 5.74) is 2.09. The van der Waals surface area contributed by atoms with Crippen molar-refractivity contribution in [2.45, 2.75) is 31.4 Å². The first kappa shape index (κ1) is 17.6. The fourth-order valence-corrected chi connectivity index (χ4v) is 4.55. The van der Waals surface area contributed by atoms with Gasteiger partial charge in [-0.1, -0.05) is 36.4 Å². The molecule has 2 saturated heterocycles. The van der Waals surface area contributed by atoms with Crippen molar-refractivity contribution in [1.29, 1.82) is 0 Å². The Morgan fingerprint density at radius 3 is 2.71 bits per heavy atom. The number of anilines is 1. The molecule has 3 aromatic rings. The van der Waals surface area contributed by atoms with Crippen molar-refractivity contribution in [3.8, 4) is 11.3 Å². The molecule has 0 aliphatic carbocycles. The molecule has 0 spiro atoms. The summed E-state index contributed by atoms with van der Waals surface area (Å²) in [6.07, 6.45) is 4.83. The van der Waals surface area contributed by atoms with Crippen LogP contribution in [0.1, 0.15) is 19.3 Å². The molecular weight excluding hydrogens is 348 g/mol. The number of benzene rings is 2. The Balaban J connectivity index is 1.35. The van der Waals surface area contributed by atoms with E-state index in [0.717, 1.165) is 62.6 Å². The molecule has 2 atom stereocenters. The molecule has 0 radical (unpaired) electrons. The molecule has 28 heavy (non-hydrogen) atoms. The van der Waals surface area contributed by atoms with E-state index in [1.807, 2.05) is 12.3 Å². The zero-order chi connectivity index (χ0) is 18.9. The molecule has 0 amide bonds. The molecule has 1 unspecified atom stereocenters. The first-order valence-corrected chi connectivity index (χ1v) is 10.3. The molecular formula is C23H26N4O. The normalized spacial score (nSPS) is 23.4. The molecule has 2 aromatic carbocycles. The van der Waals surface area contributed by atoms with Crippen LogP contribution in [-0.4, -0.2) is 58.3 Å². The maximum absolute atomic E-state index is 9.98. The second-order valence-electron chi connectivity index (χ2n) is 7.98. The number of hydrogen-bond donors (Lipinski definition) is 1. The van der Waals surface area contributed by atoms with E-state index in [9.17, 15) is 5.11 Å². The van der Waals surface area contributed by atoms with Gasteiger partial charge in [0.25, 0.3) is 0 Å². The predicted molar refractivity (Wildman–Crippen MR) is 112 cm³/mol. The van der Waals surface area contributed by atoms with Crippen molar-refractivity contribution in [1.82, 2.24) is 14.9 Å². The van der Waals surface area contributed by atoms with E-state index in [2.05, 4.69) is 57.2 Å². The van der Waals surface area contributed by atoms with Gasteiger partial charge in [0, 0.05) is 37.4 Å². The third-order valence-corrected chi connectivity index (χ3v) is 6.08. The largest absolute Gasteiger partial charge is 0.392 e. The van der Waals surface area contributed by atoms with Crippen molar-refractivity contribution in [2.75, 3.05) is 31.1 Å². The highest BCUT2D eigenvalue weighted by Gasteiger charge is 2.31.